The van der Waals surface area contributed by atoms with Gasteiger partial charge in [-0.3, -0.25) is 14.8 Å². The first-order valence-electron chi connectivity index (χ1n) is 11.0. The molecule has 2 aliphatic heterocycles. The predicted molar refractivity (Wildman–Crippen MR) is 123 cm³/mol. The SMILES string of the molecule is O=C(NCCOc1ccc(S(=O)(=O)C2(C(=O)NO)CCOCC2)cc1)C1CNc2ccccc21. The van der Waals surface area contributed by atoms with Crippen LogP contribution in [-0.4, -0.2) is 63.1 Å². The number of nitrogens with one attached hydrogen (secondary N) is 3. The lowest BCUT2D eigenvalue weighted by Gasteiger charge is -2.34. The van der Waals surface area contributed by atoms with Gasteiger partial charge in [0.25, 0.3) is 5.91 Å². The molecule has 0 aliphatic carbocycles. The highest BCUT2D eigenvalue weighted by atomic mass is 32.2. The van der Waals surface area contributed by atoms with Gasteiger partial charge in [-0.15, -0.1) is 0 Å². The maximum Gasteiger partial charge on any atom is 0.265 e. The van der Waals surface area contributed by atoms with Crippen molar-refractivity contribution in [2.45, 2.75) is 28.4 Å². The van der Waals surface area contributed by atoms with Gasteiger partial charge in [0.2, 0.25) is 5.91 Å². The van der Waals surface area contributed by atoms with E-state index in [0.717, 1.165) is 11.3 Å². The Labute approximate surface area is 197 Å². The van der Waals surface area contributed by atoms with Gasteiger partial charge in [0, 0.05) is 25.4 Å². The highest BCUT2D eigenvalue weighted by molar-refractivity contribution is 7.93. The van der Waals surface area contributed by atoms with E-state index < -0.39 is 20.5 Å². The van der Waals surface area contributed by atoms with E-state index in [1.54, 1.807) is 0 Å². The van der Waals surface area contributed by atoms with Crippen LogP contribution in [0.25, 0.3) is 0 Å². The van der Waals surface area contributed by atoms with Gasteiger partial charge in [0.15, 0.2) is 14.6 Å². The summed E-state index contributed by atoms with van der Waals surface area (Å²) in [6.07, 6.45) is -0.110. The van der Waals surface area contributed by atoms with Crippen molar-refractivity contribution in [2.75, 3.05) is 38.2 Å². The molecule has 4 rings (SSSR count). The van der Waals surface area contributed by atoms with Gasteiger partial charge < -0.3 is 20.1 Å². The summed E-state index contributed by atoms with van der Waals surface area (Å²) in [6.45, 7) is 1.24. The molecule has 0 bridgehead atoms. The number of fused-ring (bicyclic) bond motifs is 1. The van der Waals surface area contributed by atoms with Crippen molar-refractivity contribution >= 4 is 27.3 Å². The normalized spacial score (nSPS) is 18.9. The van der Waals surface area contributed by atoms with Crippen LogP contribution < -0.4 is 20.9 Å². The van der Waals surface area contributed by atoms with Crippen LogP contribution in [0.15, 0.2) is 53.4 Å². The number of benzene rings is 2. The molecular formula is C23H27N3O7S. The Morgan fingerprint density at radius 2 is 1.82 bits per heavy atom. The summed E-state index contributed by atoms with van der Waals surface area (Å²) in [5.41, 5.74) is 3.43. The molecule has 11 heteroatoms. The van der Waals surface area contributed by atoms with E-state index in [1.807, 2.05) is 24.3 Å². The number of amides is 2. The fourth-order valence-electron chi connectivity index (χ4n) is 4.35. The Balaban J connectivity index is 1.33. The minimum absolute atomic E-state index is 0.0500. The first-order chi connectivity index (χ1) is 16.4. The van der Waals surface area contributed by atoms with Gasteiger partial charge >= 0.3 is 0 Å². The molecule has 4 N–H and O–H groups in total. The smallest absolute Gasteiger partial charge is 0.265 e. The Morgan fingerprint density at radius 1 is 1.12 bits per heavy atom. The van der Waals surface area contributed by atoms with E-state index in [4.69, 9.17) is 14.7 Å². The number of hydrogen-bond acceptors (Lipinski definition) is 8. The van der Waals surface area contributed by atoms with Gasteiger partial charge in [0.1, 0.15) is 12.4 Å². The maximum atomic E-state index is 13.2. The van der Waals surface area contributed by atoms with Gasteiger partial charge in [0.05, 0.1) is 17.4 Å². The summed E-state index contributed by atoms with van der Waals surface area (Å²) in [7, 11) is -4.09. The number of carbonyl (C=O) groups excluding carboxylic acids is 2. The number of anilines is 1. The van der Waals surface area contributed by atoms with E-state index in [1.165, 1.54) is 29.7 Å². The van der Waals surface area contributed by atoms with Crippen molar-refractivity contribution < 1.29 is 32.7 Å². The third-order valence-electron chi connectivity index (χ3n) is 6.28. The number of carbonyl (C=O) groups is 2. The van der Waals surface area contributed by atoms with Crippen LogP contribution in [-0.2, 0) is 24.2 Å². The number of sulfone groups is 1. The molecule has 2 aromatic rings. The molecule has 0 saturated carbocycles. The summed E-state index contributed by atoms with van der Waals surface area (Å²) in [5.74, 6) is -0.888. The lowest BCUT2D eigenvalue weighted by molar-refractivity contribution is -0.134. The Morgan fingerprint density at radius 3 is 2.53 bits per heavy atom. The summed E-state index contributed by atoms with van der Waals surface area (Å²) < 4.78 is 35.5. The average Bonchev–Trinajstić information content (AvgIpc) is 3.31. The lowest BCUT2D eigenvalue weighted by Crippen LogP contribution is -2.54. The molecule has 1 unspecified atom stereocenters. The molecule has 10 nitrogen and oxygen atoms in total. The Hall–Kier alpha value is -3.15. The minimum Gasteiger partial charge on any atom is -0.492 e. The number of ether oxygens (including phenoxy) is 2. The van der Waals surface area contributed by atoms with Crippen LogP contribution in [0, 0.1) is 0 Å². The van der Waals surface area contributed by atoms with Gasteiger partial charge in [-0.2, -0.15) is 0 Å². The van der Waals surface area contributed by atoms with E-state index in [2.05, 4.69) is 10.6 Å². The maximum absolute atomic E-state index is 13.2. The minimum atomic E-state index is -4.09. The van der Waals surface area contributed by atoms with Crippen molar-refractivity contribution in [3.8, 4) is 5.75 Å². The number of para-hydroxylation sites is 1. The highest BCUT2D eigenvalue weighted by Crippen LogP contribution is 2.36. The zero-order chi connectivity index (χ0) is 24.2. The zero-order valence-corrected chi connectivity index (χ0v) is 19.3. The predicted octanol–water partition coefficient (Wildman–Crippen LogP) is 1.22. The van der Waals surface area contributed by atoms with Crippen LogP contribution in [0.3, 0.4) is 0 Å². The number of hydroxylamine groups is 1. The van der Waals surface area contributed by atoms with Crippen molar-refractivity contribution in [1.29, 1.82) is 0 Å². The summed E-state index contributed by atoms with van der Waals surface area (Å²) in [4.78, 5) is 24.8. The standard InChI is InChI=1S/C23H27N3O7S/c27-21(19-15-25-20-4-2-1-3-18(19)20)24-11-14-33-16-5-7-17(8-6-16)34(30,31)23(22(28)26-29)9-12-32-13-10-23/h1-8,19,25,29H,9-15H2,(H,24,27)(H,26,28). The Kier molecular flexibility index (Phi) is 7.05. The molecule has 0 aromatic heterocycles. The van der Waals surface area contributed by atoms with Crippen LogP contribution in [0.5, 0.6) is 5.75 Å². The van der Waals surface area contributed by atoms with Crippen LogP contribution >= 0.6 is 0 Å². The molecule has 1 fully saturated rings. The van der Waals surface area contributed by atoms with E-state index in [0.29, 0.717) is 12.3 Å². The van der Waals surface area contributed by atoms with Crippen molar-refractivity contribution in [3.05, 3.63) is 54.1 Å². The third kappa shape index (κ3) is 4.46. The molecule has 182 valence electrons. The molecule has 2 aromatic carbocycles. The van der Waals surface area contributed by atoms with Crippen molar-refractivity contribution in [1.82, 2.24) is 10.8 Å². The average molecular weight is 490 g/mol. The molecular weight excluding hydrogens is 462 g/mol. The molecule has 0 radical (unpaired) electrons. The monoisotopic (exact) mass is 489 g/mol. The van der Waals surface area contributed by atoms with E-state index in [-0.39, 0.29) is 55.9 Å². The van der Waals surface area contributed by atoms with Crippen LogP contribution in [0.4, 0.5) is 5.69 Å². The van der Waals surface area contributed by atoms with E-state index >= 15 is 0 Å². The molecule has 34 heavy (non-hydrogen) atoms. The van der Waals surface area contributed by atoms with Gasteiger partial charge in [-0.1, -0.05) is 18.2 Å². The zero-order valence-electron chi connectivity index (χ0n) is 18.5. The number of rotatable bonds is 8. The topological polar surface area (TPSA) is 143 Å². The molecule has 0 spiro atoms. The molecule has 2 amide bonds. The fraction of sp³-hybridized carbons (Fsp3) is 0.391. The summed E-state index contributed by atoms with van der Waals surface area (Å²) in [5, 5.41) is 15.2. The lowest BCUT2D eigenvalue weighted by atomic mass is 9.98. The largest absolute Gasteiger partial charge is 0.492 e. The van der Waals surface area contributed by atoms with Crippen LogP contribution in [0.2, 0.25) is 0 Å². The van der Waals surface area contributed by atoms with Gasteiger partial charge in [-0.05, 0) is 48.7 Å². The second-order valence-electron chi connectivity index (χ2n) is 8.18. The quantitative estimate of drug-likeness (QED) is 0.246. The highest BCUT2D eigenvalue weighted by Gasteiger charge is 2.52. The van der Waals surface area contributed by atoms with Gasteiger partial charge in [-0.25, -0.2) is 13.9 Å². The molecule has 1 saturated heterocycles. The first-order valence-corrected chi connectivity index (χ1v) is 12.5. The first kappa shape index (κ1) is 24.0. The Bertz CT molecular complexity index is 1150. The van der Waals surface area contributed by atoms with Crippen molar-refractivity contribution in [3.63, 3.8) is 0 Å². The molecule has 2 heterocycles. The summed E-state index contributed by atoms with van der Waals surface area (Å²) >= 11 is 0. The second-order valence-corrected chi connectivity index (χ2v) is 10.4. The second kappa shape index (κ2) is 10.00. The molecule has 1 atom stereocenters. The van der Waals surface area contributed by atoms with Crippen LogP contribution in [0.1, 0.15) is 24.3 Å². The summed E-state index contributed by atoms with van der Waals surface area (Å²) in [6, 6.07) is 13.4. The molecule has 2 aliphatic rings. The third-order valence-corrected chi connectivity index (χ3v) is 8.80. The fourth-order valence-corrected chi connectivity index (χ4v) is 6.28. The van der Waals surface area contributed by atoms with Crippen molar-refractivity contribution in [2.24, 2.45) is 0 Å². The van der Waals surface area contributed by atoms with E-state index in [9.17, 15) is 18.0 Å². The number of hydrogen-bond donors (Lipinski definition) is 4.